The zero-order chi connectivity index (χ0) is 10.9. The molecule has 0 radical (unpaired) electrons. The molecule has 0 aromatic heterocycles. The molecule has 0 aliphatic carbocycles. The van der Waals surface area contributed by atoms with E-state index in [4.69, 9.17) is 4.74 Å². The molecule has 0 aliphatic rings. The third-order valence-electron chi connectivity index (χ3n) is 1.78. The predicted octanol–water partition coefficient (Wildman–Crippen LogP) is 2.87. The van der Waals surface area contributed by atoms with Crippen molar-refractivity contribution in [1.29, 1.82) is 0 Å². The third-order valence-corrected chi connectivity index (χ3v) is 3.67. The summed E-state index contributed by atoms with van der Waals surface area (Å²) >= 11 is 0.478. The average molecular weight is 267 g/mol. The number of hydrogen-bond acceptors (Lipinski definition) is 1. The van der Waals surface area contributed by atoms with Crippen molar-refractivity contribution in [1.82, 2.24) is 0 Å². The van der Waals surface area contributed by atoms with E-state index in [0.717, 1.165) is 5.75 Å². The molecule has 0 saturated carbocycles. The van der Waals surface area contributed by atoms with Crippen LogP contribution in [-0.2, 0) is 0 Å². The van der Waals surface area contributed by atoms with E-state index in [2.05, 4.69) is 24.6 Å². The monoisotopic (exact) mass is 268 g/mol. The van der Waals surface area contributed by atoms with Gasteiger partial charge < -0.3 is 0 Å². The molecule has 0 aliphatic heterocycles. The summed E-state index contributed by atoms with van der Waals surface area (Å²) in [6.45, 7) is 4.76. The Balaban J connectivity index is 2.24. The van der Waals surface area contributed by atoms with Gasteiger partial charge in [-0.25, -0.2) is 0 Å². The van der Waals surface area contributed by atoms with Gasteiger partial charge in [0.15, 0.2) is 0 Å². The average Bonchev–Trinajstić information content (AvgIpc) is 2.26. The van der Waals surface area contributed by atoms with Crippen molar-refractivity contribution in [2.75, 3.05) is 6.61 Å². The molecule has 80 valence electrons. The number of benzene rings is 1. The van der Waals surface area contributed by atoms with Crippen LogP contribution in [0.3, 0.4) is 0 Å². The van der Waals surface area contributed by atoms with E-state index in [-0.39, 0.29) is 0 Å². The minimum absolute atomic E-state index is 0.478. The number of hydrogen-bond donors (Lipinski definition) is 0. The van der Waals surface area contributed by atoms with Gasteiger partial charge in [0.2, 0.25) is 0 Å². The maximum absolute atomic E-state index is 5.48. The van der Waals surface area contributed by atoms with Crippen LogP contribution >= 0.6 is 0 Å². The first kappa shape index (κ1) is 12.2. The Bertz CT molecular complexity index is 332. The van der Waals surface area contributed by atoms with Crippen LogP contribution in [0, 0.1) is 17.7 Å². The number of ether oxygens (including phenoxy) is 1. The molecule has 0 bridgehead atoms. The van der Waals surface area contributed by atoms with Crippen molar-refractivity contribution in [3.05, 3.63) is 29.8 Å². The summed E-state index contributed by atoms with van der Waals surface area (Å²) in [7, 11) is 0. The summed E-state index contributed by atoms with van der Waals surface area (Å²) < 4.78 is 5.48. The summed E-state index contributed by atoms with van der Waals surface area (Å²) in [4.78, 5) is 3.16. The van der Waals surface area contributed by atoms with Gasteiger partial charge in [0, 0.05) is 0 Å². The van der Waals surface area contributed by atoms with Gasteiger partial charge in [-0.15, -0.1) is 0 Å². The zero-order valence-electron chi connectivity index (χ0n) is 9.25. The van der Waals surface area contributed by atoms with Crippen LogP contribution in [0.5, 0.6) is 5.75 Å². The molecule has 0 saturated heterocycles. The molecule has 0 spiro atoms. The Morgan fingerprint density at radius 2 is 2.00 bits per heavy atom. The van der Waals surface area contributed by atoms with Crippen molar-refractivity contribution < 1.29 is 4.74 Å². The van der Waals surface area contributed by atoms with Gasteiger partial charge in [-0.2, -0.15) is 0 Å². The first-order chi connectivity index (χ1) is 7.33. The molecule has 1 nitrogen and oxygen atoms in total. The van der Waals surface area contributed by atoms with Crippen LogP contribution in [0.15, 0.2) is 24.3 Å². The molecule has 0 N–H and O–H groups in total. The van der Waals surface area contributed by atoms with E-state index >= 15 is 0 Å². The normalized spacial score (nSPS) is 9.20. The predicted molar refractivity (Wildman–Crippen MR) is 65.3 cm³/mol. The maximum atomic E-state index is 5.48. The fourth-order valence-electron chi connectivity index (χ4n) is 0.987. The molecular formula is C13H16OSe. The van der Waals surface area contributed by atoms with Gasteiger partial charge in [-0.3, -0.25) is 0 Å². The quantitative estimate of drug-likeness (QED) is 0.463. The van der Waals surface area contributed by atoms with E-state index in [1.807, 2.05) is 24.3 Å². The standard InChI is InChI=1S/C13H16OSe/c1-3-10-15-11-4-9-14-13-7-5-12(2)6-8-13/h5-8H,3,9-10H2,1-2H3. The van der Waals surface area contributed by atoms with E-state index in [0.29, 0.717) is 21.6 Å². The second kappa shape index (κ2) is 7.40. The first-order valence-electron chi connectivity index (χ1n) is 5.12. The van der Waals surface area contributed by atoms with Gasteiger partial charge in [-0.05, 0) is 0 Å². The van der Waals surface area contributed by atoms with Crippen molar-refractivity contribution >= 4 is 15.0 Å². The van der Waals surface area contributed by atoms with Crippen LogP contribution in [0.1, 0.15) is 18.9 Å². The van der Waals surface area contributed by atoms with Crippen LogP contribution in [0.25, 0.3) is 0 Å². The Kier molecular flexibility index (Phi) is 6.00. The van der Waals surface area contributed by atoms with E-state index in [9.17, 15) is 0 Å². The summed E-state index contributed by atoms with van der Waals surface area (Å²) in [5.41, 5.74) is 1.25. The van der Waals surface area contributed by atoms with E-state index in [1.54, 1.807) is 0 Å². The molecule has 0 atom stereocenters. The fraction of sp³-hybridized carbons (Fsp3) is 0.385. The molecule has 1 aromatic rings. The molecule has 0 amide bonds. The van der Waals surface area contributed by atoms with Gasteiger partial charge in [-0.1, -0.05) is 0 Å². The van der Waals surface area contributed by atoms with Gasteiger partial charge in [0.05, 0.1) is 0 Å². The van der Waals surface area contributed by atoms with Crippen LogP contribution in [0.2, 0.25) is 5.32 Å². The van der Waals surface area contributed by atoms with Crippen molar-refractivity contribution in [2.24, 2.45) is 0 Å². The Morgan fingerprint density at radius 3 is 2.67 bits per heavy atom. The summed E-state index contributed by atoms with van der Waals surface area (Å²) in [6.07, 6.45) is 1.23. The molecular weight excluding hydrogens is 251 g/mol. The second-order valence-corrected chi connectivity index (χ2v) is 5.12. The van der Waals surface area contributed by atoms with Gasteiger partial charge in [0.1, 0.15) is 0 Å². The van der Waals surface area contributed by atoms with Crippen LogP contribution in [-0.4, -0.2) is 21.6 Å². The SMILES string of the molecule is CCC[Se]C#CCOc1ccc(C)cc1. The number of rotatable bonds is 4. The Hall–Kier alpha value is -0.901. The molecule has 1 rings (SSSR count). The molecule has 0 fully saturated rings. The Labute approximate surface area is 98.4 Å². The fourth-order valence-corrected chi connectivity index (χ4v) is 1.97. The van der Waals surface area contributed by atoms with E-state index in [1.165, 1.54) is 17.3 Å². The second-order valence-electron chi connectivity index (χ2n) is 3.23. The van der Waals surface area contributed by atoms with E-state index < -0.39 is 0 Å². The van der Waals surface area contributed by atoms with Crippen LogP contribution < -0.4 is 4.74 Å². The van der Waals surface area contributed by atoms with Crippen molar-refractivity contribution in [2.45, 2.75) is 25.6 Å². The molecule has 15 heavy (non-hydrogen) atoms. The van der Waals surface area contributed by atoms with Crippen LogP contribution in [0.4, 0.5) is 0 Å². The third kappa shape index (κ3) is 5.52. The van der Waals surface area contributed by atoms with Gasteiger partial charge in [0.25, 0.3) is 0 Å². The molecule has 0 heterocycles. The summed E-state index contributed by atoms with van der Waals surface area (Å²) in [6, 6.07) is 8.05. The molecule has 1 aromatic carbocycles. The van der Waals surface area contributed by atoms with Gasteiger partial charge >= 0.3 is 98.2 Å². The molecule has 2 heteroatoms. The van der Waals surface area contributed by atoms with Crippen molar-refractivity contribution in [3.8, 4) is 16.5 Å². The Morgan fingerprint density at radius 1 is 1.27 bits per heavy atom. The molecule has 0 unspecified atom stereocenters. The first-order valence-corrected chi connectivity index (χ1v) is 7.19. The number of aryl methyl sites for hydroxylation is 1. The minimum atomic E-state index is 0.478. The zero-order valence-corrected chi connectivity index (χ0v) is 11.0. The summed E-state index contributed by atoms with van der Waals surface area (Å²) in [5, 5.41) is 1.24. The summed E-state index contributed by atoms with van der Waals surface area (Å²) in [5.74, 6) is 3.94. The van der Waals surface area contributed by atoms with Crippen molar-refractivity contribution in [3.63, 3.8) is 0 Å². The topological polar surface area (TPSA) is 9.23 Å².